The van der Waals surface area contributed by atoms with Crippen molar-refractivity contribution in [2.24, 2.45) is 7.05 Å². The van der Waals surface area contributed by atoms with E-state index < -0.39 is 5.97 Å². The Morgan fingerprint density at radius 3 is 2.52 bits per heavy atom. The van der Waals surface area contributed by atoms with Gasteiger partial charge in [0, 0.05) is 22.3 Å². The van der Waals surface area contributed by atoms with E-state index >= 15 is 0 Å². The molecule has 0 atom stereocenters. The molecule has 0 aliphatic carbocycles. The van der Waals surface area contributed by atoms with Crippen LogP contribution in [0.2, 0.25) is 5.02 Å². The zero-order valence-corrected chi connectivity index (χ0v) is 19.5. The molecule has 0 bridgehead atoms. The van der Waals surface area contributed by atoms with Gasteiger partial charge in [-0.05, 0) is 36.8 Å². The molecule has 0 spiro atoms. The number of aryl methyl sites for hydroxylation is 1. The van der Waals surface area contributed by atoms with E-state index in [1.54, 1.807) is 56.4 Å². The summed E-state index contributed by atoms with van der Waals surface area (Å²) in [7, 11) is 1.55. The lowest BCUT2D eigenvalue weighted by Crippen LogP contribution is -2.24. The molecule has 0 saturated carbocycles. The highest BCUT2D eigenvalue weighted by atomic mass is 35.5. The predicted molar refractivity (Wildman–Crippen MR) is 130 cm³/mol. The van der Waals surface area contributed by atoms with E-state index in [0.29, 0.717) is 32.1 Å². The number of aromatic nitrogens is 2. The van der Waals surface area contributed by atoms with Crippen molar-refractivity contribution in [2.45, 2.75) is 13.3 Å². The van der Waals surface area contributed by atoms with Crippen molar-refractivity contribution < 1.29 is 14.3 Å². The van der Waals surface area contributed by atoms with Crippen LogP contribution in [0, 0.1) is 0 Å². The largest absolute Gasteiger partial charge is 0.462 e. The average Bonchev–Trinajstić information content (AvgIpc) is 3.21. The summed E-state index contributed by atoms with van der Waals surface area (Å²) in [5.41, 5.74) is 1.46. The van der Waals surface area contributed by atoms with Crippen LogP contribution in [-0.2, 0) is 23.0 Å². The summed E-state index contributed by atoms with van der Waals surface area (Å²) in [4.78, 5) is 38.9. The molecule has 2 aromatic carbocycles. The SMILES string of the molecule is CCOC(=O)c1sc(-c2ccc(Cl)cc2)cc1NC(=O)Cc1nn(C)c(=O)c2ccccc12. The molecule has 0 aliphatic rings. The summed E-state index contributed by atoms with van der Waals surface area (Å²) < 4.78 is 6.39. The first-order chi connectivity index (χ1) is 15.9. The number of ether oxygens (including phenoxy) is 1. The van der Waals surface area contributed by atoms with Crippen molar-refractivity contribution in [3.63, 3.8) is 0 Å². The number of benzene rings is 2. The highest BCUT2D eigenvalue weighted by Gasteiger charge is 2.21. The van der Waals surface area contributed by atoms with E-state index in [1.807, 2.05) is 12.1 Å². The fourth-order valence-corrected chi connectivity index (χ4v) is 4.58. The molecule has 0 unspecified atom stereocenters. The third kappa shape index (κ3) is 4.81. The maximum absolute atomic E-state index is 12.9. The van der Waals surface area contributed by atoms with Gasteiger partial charge in [-0.2, -0.15) is 5.10 Å². The van der Waals surface area contributed by atoms with Crippen molar-refractivity contribution >= 4 is 51.3 Å². The first-order valence-corrected chi connectivity index (χ1v) is 11.4. The van der Waals surface area contributed by atoms with Gasteiger partial charge in [-0.1, -0.05) is 41.9 Å². The summed E-state index contributed by atoms with van der Waals surface area (Å²) in [6.45, 7) is 1.94. The number of anilines is 1. The van der Waals surface area contributed by atoms with Crippen LogP contribution in [0.1, 0.15) is 22.3 Å². The van der Waals surface area contributed by atoms with Crippen LogP contribution in [0.3, 0.4) is 0 Å². The molecule has 4 rings (SSSR count). The Bertz CT molecular complexity index is 1410. The van der Waals surface area contributed by atoms with Gasteiger partial charge >= 0.3 is 5.97 Å². The number of esters is 1. The number of carbonyl (C=O) groups excluding carboxylic acids is 2. The fourth-order valence-electron chi connectivity index (χ4n) is 3.44. The topological polar surface area (TPSA) is 90.3 Å². The number of thiophene rings is 1. The summed E-state index contributed by atoms with van der Waals surface area (Å²) in [5, 5.41) is 8.80. The van der Waals surface area contributed by atoms with E-state index in [2.05, 4.69) is 10.4 Å². The minimum atomic E-state index is -0.510. The van der Waals surface area contributed by atoms with Gasteiger partial charge in [-0.25, -0.2) is 9.48 Å². The van der Waals surface area contributed by atoms with Crippen molar-refractivity contribution in [3.8, 4) is 10.4 Å². The summed E-state index contributed by atoms with van der Waals surface area (Å²) >= 11 is 7.21. The lowest BCUT2D eigenvalue weighted by Gasteiger charge is -2.09. The summed E-state index contributed by atoms with van der Waals surface area (Å²) in [6, 6.07) is 16.0. The molecule has 1 amide bonds. The third-order valence-corrected chi connectivity index (χ3v) is 6.37. The molecular formula is C24H20ClN3O4S. The maximum Gasteiger partial charge on any atom is 0.350 e. The Balaban J connectivity index is 1.66. The zero-order valence-electron chi connectivity index (χ0n) is 17.9. The van der Waals surface area contributed by atoms with E-state index in [4.69, 9.17) is 16.3 Å². The van der Waals surface area contributed by atoms with Gasteiger partial charge in [-0.15, -0.1) is 11.3 Å². The van der Waals surface area contributed by atoms with Crippen LogP contribution < -0.4 is 10.9 Å². The highest BCUT2D eigenvalue weighted by Crippen LogP contribution is 2.36. The maximum atomic E-state index is 12.9. The third-order valence-electron chi connectivity index (χ3n) is 4.96. The van der Waals surface area contributed by atoms with Gasteiger partial charge in [0.1, 0.15) is 4.88 Å². The standard InChI is InChI=1S/C24H20ClN3O4S/c1-3-32-24(31)22-19(12-20(33-22)14-8-10-15(25)11-9-14)26-21(29)13-18-16-6-4-5-7-17(16)23(30)28(2)27-18/h4-12H,3,13H2,1-2H3,(H,26,29). The number of rotatable bonds is 6. The quantitative estimate of drug-likeness (QED) is 0.404. The molecule has 168 valence electrons. The Morgan fingerprint density at radius 1 is 1.12 bits per heavy atom. The predicted octanol–water partition coefficient (Wildman–Crippen LogP) is 4.67. The van der Waals surface area contributed by atoms with Crippen molar-refractivity contribution in [3.05, 3.63) is 80.5 Å². The molecule has 7 nitrogen and oxygen atoms in total. The van der Waals surface area contributed by atoms with Crippen LogP contribution >= 0.6 is 22.9 Å². The minimum Gasteiger partial charge on any atom is -0.462 e. The second-order valence-electron chi connectivity index (χ2n) is 7.23. The second-order valence-corrected chi connectivity index (χ2v) is 8.72. The van der Waals surface area contributed by atoms with Gasteiger partial charge in [0.2, 0.25) is 5.91 Å². The van der Waals surface area contributed by atoms with E-state index in [1.165, 1.54) is 16.0 Å². The van der Waals surface area contributed by atoms with Gasteiger partial charge in [0.05, 0.1) is 29.8 Å². The molecule has 0 saturated heterocycles. The minimum absolute atomic E-state index is 0.0664. The Labute approximate surface area is 198 Å². The molecule has 0 aliphatic heterocycles. The fraction of sp³-hybridized carbons (Fsp3) is 0.167. The van der Waals surface area contributed by atoms with Crippen LogP contribution in [0.4, 0.5) is 5.69 Å². The molecule has 1 N–H and O–H groups in total. The van der Waals surface area contributed by atoms with Gasteiger partial charge in [0.15, 0.2) is 0 Å². The number of hydrogen-bond donors (Lipinski definition) is 1. The molecule has 2 aromatic heterocycles. The van der Waals surface area contributed by atoms with E-state index in [0.717, 1.165) is 10.4 Å². The number of fused-ring (bicyclic) bond motifs is 1. The molecule has 0 fully saturated rings. The number of carbonyl (C=O) groups is 2. The number of halogens is 1. The van der Waals surface area contributed by atoms with Gasteiger partial charge in [0.25, 0.3) is 5.56 Å². The summed E-state index contributed by atoms with van der Waals surface area (Å²) in [6.07, 6.45) is -0.0664. The monoisotopic (exact) mass is 481 g/mol. The Morgan fingerprint density at radius 2 is 1.82 bits per heavy atom. The van der Waals surface area contributed by atoms with Crippen LogP contribution in [0.15, 0.2) is 59.4 Å². The zero-order chi connectivity index (χ0) is 23.5. The van der Waals surface area contributed by atoms with Crippen LogP contribution in [0.5, 0.6) is 0 Å². The number of nitrogens with one attached hydrogen (secondary N) is 1. The lowest BCUT2D eigenvalue weighted by molar-refractivity contribution is -0.115. The van der Waals surface area contributed by atoms with Crippen LogP contribution in [-0.4, -0.2) is 28.3 Å². The van der Waals surface area contributed by atoms with Gasteiger partial charge < -0.3 is 10.1 Å². The first-order valence-electron chi connectivity index (χ1n) is 10.2. The molecular weight excluding hydrogens is 462 g/mol. The van der Waals surface area contributed by atoms with Crippen molar-refractivity contribution in [2.75, 3.05) is 11.9 Å². The van der Waals surface area contributed by atoms with E-state index in [-0.39, 0.29) is 24.5 Å². The normalized spacial score (nSPS) is 10.9. The molecule has 4 aromatic rings. The first kappa shape index (κ1) is 22.7. The molecule has 2 heterocycles. The molecule has 33 heavy (non-hydrogen) atoms. The van der Waals surface area contributed by atoms with Crippen molar-refractivity contribution in [1.82, 2.24) is 9.78 Å². The van der Waals surface area contributed by atoms with Crippen LogP contribution in [0.25, 0.3) is 21.2 Å². The Kier molecular flexibility index (Phi) is 6.57. The lowest BCUT2D eigenvalue weighted by atomic mass is 10.1. The van der Waals surface area contributed by atoms with E-state index in [9.17, 15) is 14.4 Å². The number of amides is 1. The summed E-state index contributed by atoms with van der Waals surface area (Å²) in [5.74, 6) is -0.874. The smallest absolute Gasteiger partial charge is 0.350 e. The Hall–Kier alpha value is -3.49. The van der Waals surface area contributed by atoms with Crippen molar-refractivity contribution in [1.29, 1.82) is 0 Å². The number of hydrogen-bond acceptors (Lipinski definition) is 6. The average molecular weight is 482 g/mol. The van der Waals surface area contributed by atoms with Gasteiger partial charge in [-0.3, -0.25) is 9.59 Å². The molecule has 9 heteroatoms. The highest BCUT2D eigenvalue weighted by molar-refractivity contribution is 7.18. The number of nitrogens with zero attached hydrogens (tertiary/aromatic N) is 2. The second kappa shape index (κ2) is 9.56. The molecule has 0 radical (unpaired) electrons.